The van der Waals surface area contributed by atoms with Gasteiger partial charge in [0.2, 0.25) is 11.8 Å². The summed E-state index contributed by atoms with van der Waals surface area (Å²) >= 11 is 0. The molecular weight excluding hydrogens is 520 g/mol. The van der Waals surface area contributed by atoms with Crippen LogP contribution in [0, 0.1) is 17.0 Å². The molecule has 39 heavy (non-hydrogen) atoms. The lowest BCUT2D eigenvalue weighted by molar-refractivity contribution is -0.384. The first-order chi connectivity index (χ1) is 18.4. The fourth-order valence-electron chi connectivity index (χ4n) is 4.01. The lowest BCUT2D eigenvalue weighted by Gasteiger charge is -2.32. The Morgan fingerprint density at radius 1 is 0.949 bits per heavy atom. The van der Waals surface area contributed by atoms with E-state index in [0.717, 1.165) is 21.5 Å². The van der Waals surface area contributed by atoms with Crippen molar-refractivity contribution < 1.29 is 22.9 Å². The molecule has 0 aliphatic carbocycles. The number of carbonyl (C=O) groups excluding carboxylic acids is 2. The molecule has 0 fully saturated rings. The molecule has 11 heteroatoms. The van der Waals surface area contributed by atoms with Crippen molar-refractivity contribution in [3.8, 4) is 0 Å². The maximum atomic E-state index is 13.9. The van der Waals surface area contributed by atoms with Crippen molar-refractivity contribution in [2.75, 3.05) is 10.8 Å². The van der Waals surface area contributed by atoms with Crippen molar-refractivity contribution in [2.24, 2.45) is 0 Å². The van der Waals surface area contributed by atoms with Crippen molar-refractivity contribution in [1.82, 2.24) is 10.2 Å². The number of anilines is 1. The number of sulfonamides is 1. The van der Waals surface area contributed by atoms with Crippen molar-refractivity contribution in [2.45, 2.75) is 51.2 Å². The van der Waals surface area contributed by atoms with E-state index in [-0.39, 0.29) is 34.8 Å². The van der Waals surface area contributed by atoms with E-state index in [4.69, 9.17) is 0 Å². The highest BCUT2D eigenvalue weighted by atomic mass is 32.2. The molecule has 2 amide bonds. The van der Waals surface area contributed by atoms with Crippen LogP contribution in [0.15, 0.2) is 83.8 Å². The van der Waals surface area contributed by atoms with Gasteiger partial charge < -0.3 is 10.2 Å². The molecule has 3 rings (SSSR count). The average Bonchev–Trinajstić information content (AvgIpc) is 2.90. The first kappa shape index (κ1) is 29.3. The Morgan fingerprint density at radius 2 is 1.62 bits per heavy atom. The SMILES string of the molecule is Cc1cccc(CN(C(=O)CN(c2cccc([N+](=O)[O-])c2)S(=O)(=O)c2ccccc2)[C@H](C)C(=O)NC(C)C)c1. The highest BCUT2D eigenvalue weighted by Gasteiger charge is 2.33. The molecule has 206 valence electrons. The molecule has 0 saturated heterocycles. The van der Waals surface area contributed by atoms with E-state index in [1.54, 1.807) is 39.0 Å². The minimum atomic E-state index is -4.31. The van der Waals surface area contributed by atoms with Crippen LogP contribution in [-0.4, -0.2) is 48.7 Å². The maximum Gasteiger partial charge on any atom is 0.271 e. The molecule has 10 nitrogen and oxygen atoms in total. The van der Waals surface area contributed by atoms with Crippen LogP contribution in [0.2, 0.25) is 0 Å². The van der Waals surface area contributed by atoms with Crippen LogP contribution in [0.5, 0.6) is 0 Å². The second-order valence-electron chi connectivity index (χ2n) is 9.45. The summed E-state index contributed by atoms with van der Waals surface area (Å²) in [5, 5.41) is 14.2. The number of hydrogen-bond donors (Lipinski definition) is 1. The molecular formula is C28H32N4O6S. The van der Waals surface area contributed by atoms with Crippen molar-refractivity contribution in [3.63, 3.8) is 0 Å². The number of rotatable bonds is 11. The third kappa shape index (κ3) is 7.41. The minimum Gasteiger partial charge on any atom is -0.352 e. The number of nitro benzene ring substituents is 1. The van der Waals surface area contributed by atoms with E-state index in [1.165, 1.54) is 35.2 Å². The first-order valence-corrected chi connectivity index (χ1v) is 13.8. The van der Waals surface area contributed by atoms with Crippen LogP contribution >= 0.6 is 0 Å². The van der Waals surface area contributed by atoms with Crippen LogP contribution in [-0.2, 0) is 26.2 Å². The Balaban J connectivity index is 2.07. The summed E-state index contributed by atoms with van der Waals surface area (Å²) in [7, 11) is -4.31. The highest BCUT2D eigenvalue weighted by Crippen LogP contribution is 2.27. The first-order valence-electron chi connectivity index (χ1n) is 12.4. The van der Waals surface area contributed by atoms with Gasteiger partial charge in [0, 0.05) is 24.7 Å². The van der Waals surface area contributed by atoms with Crippen molar-refractivity contribution in [3.05, 3.63) is 100 Å². The Morgan fingerprint density at radius 3 is 2.23 bits per heavy atom. The molecule has 1 N–H and O–H groups in total. The average molecular weight is 553 g/mol. The van der Waals surface area contributed by atoms with Crippen LogP contribution < -0.4 is 9.62 Å². The van der Waals surface area contributed by atoms with Gasteiger partial charge >= 0.3 is 0 Å². The van der Waals surface area contributed by atoms with Crippen LogP contribution in [0.3, 0.4) is 0 Å². The van der Waals surface area contributed by atoms with E-state index in [9.17, 15) is 28.1 Å². The van der Waals surface area contributed by atoms with Crippen LogP contribution in [0.25, 0.3) is 0 Å². The Labute approximate surface area is 228 Å². The quantitative estimate of drug-likeness (QED) is 0.282. The summed E-state index contributed by atoms with van der Waals surface area (Å²) < 4.78 is 28.3. The Hall–Kier alpha value is -4.25. The number of nitrogens with zero attached hydrogens (tertiary/aromatic N) is 3. The summed E-state index contributed by atoms with van der Waals surface area (Å²) in [6.07, 6.45) is 0. The molecule has 0 aliphatic heterocycles. The standard InChI is InChI=1S/C28H32N4O6S/c1-20(2)29-28(34)22(4)30(18-23-11-8-10-21(3)16-23)27(33)19-31(24-12-9-13-25(17-24)32(35)36)39(37,38)26-14-6-5-7-15-26/h5-17,20,22H,18-19H2,1-4H3,(H,29,34)/t22-/m1/s1. The molecule has 0 saturated carbocycles. The monoisotopic (exact) mass is 552 g/mol. The molecule has 3 aromatic carbocycles. The number of amides is 2. The summed E-state index contributed by atoms with van der Waals surface area (Å²) in [6.45, 7) is 6.46. The molecule has 0 heterocycles. The lowest BCUT2D eigenvalue weighted by Crippen LogP contribution is -2.52. The van der Waals surface area contributed by atoms with Gasteiger partial charge in [0.25, 0.3) is 15.7 Å². The minimum absolute atomic E-state index is 0.0452. The van der Waals surface area contributed by atoms with E-state index in [0.29, 0.717) is 0 Å². The zero-order valence-electron chi connectivity index (χ0n) is 22.3. The molecule has 1 atom stereocenters. The molecule has 0 radical (unpaired) electrons. The van der Waals surface area contributed by atoms with Gasteiger partial charge in [-0.25, -0.2) is 8.42 Å². The van der Waals surface area contributed by atoms with Crippen LogP contribution in [0.4, 0.5) is 11.4 Å². The van der Waals surface area contributed by atoms with E-state index >= 15 is 0 Å². The number of hydrogen-bond acceptors (Lipinski definition) is 6. The fraction of sp³-hybridized carbons (Fsp3) is 0.286. The normalized spacial score (nSPS) is 12.0. The van der Waals surface area contributed by atoms with Gasteiger partial charge in [-0.1, -0.05) is 54.1 Å². The number of benzene rings is 3. The molecule has 0 bridgehead atoms. The van der Waals surface area contributed by atoms with Crippen LogP contribution in [0.1, 0.15) is 31.9 Å². The summed E-state index contributed by atoms with van der Waals surface area (Å²) in [5.41, 5.74) is 1.36. The van der Waals surface area contributed by atoms with Gasteiger partial charge in [-0.15, -0.1) is 0 Å². The number of carbonyl (C=O) groups is 2. The number of non-ortho nitro benzene ring substituents is 1. The fourth-order valence-corrected chi connectivity index (χ4v) is 5.43. The van der Waals surface area contributed by atoms with E-state index in [2.05, 4.69) is 5.32 Å². The second kappa shape index (κ2) is 12.5. The Bertz CT molecular complexity index is 1440. The zero-order chi connectivity index (χ0) is 28.7. The molecule has 0 spiro atoms. The third-order valence-electron chi connectivity index (χ3n) is 5.97. The van der Waals surface area contributed by atoms with E-state index < -0.39 is 33.4 Å². The second-order valence-corrected chi connectivity index (χ2v) is 11.3. The highest BCUT2D eigenvalue weighted by molar-refractivity contribution is 7.92. The summed E-state index contributed by atoms with van der Waals surface area (Å²) in [4.78, 5) is 38.8. The summed E-state index contributed by atoms with van der Waals surface area (Å²) in [6, 6.07) is 18.9. The van der Waals surface area contributed by atoms with Gasteiger partial charge in [-0.2, -0.15) is 0 Å². The molecule has 3 aromatic rings. The topological polar surface area (TPSA) is 130 Å². The van der Waals surface area contributed by atoms with Crippen molar-refractivity contribution >= 4 is 33.2 Å². The molecule has 0 aromatic heterocycles. The van der Waals surface area contributed by atoms with Gasteiger partial charge in [0.15, 0.2) is 0 Å². The number of aryl methyl sites for hydroxylation is 1. The summed E-state index contributed by atoms with van der Waals surface area (Å²) in [5.74, 6) is -1.03. The van der Waals surface area contributed by atoms with Gasteiger partial charge in [0.1, 0.15) is 12.6 Å². The van der Waals surface area contributed by atoms with E-state index in [1.807, 2.05) is 31.2 Å². The number of nitrogens with one attached hydrogen (secondary N) is 1. The van der Waals surface area contributed by atoms with Gasteiger partial charge in [0.05, 0.1) is 15.5 Å². The van der Waals surface area contributed by atoms with Crippen molar-refractivity contribution in [1.29, 1.82) is 0 Å². The predicted molar refractivity (Wildman–Crippen MR) is 149 cm³/mol. The molecule has 0 unspecified atom stereocenters. The Kier molecular flexibility index (Phi) is 9.42. The lowest BCUT2D eigenvalue weighted by atomic mass is 10.1. The number of nitro groups is 1. The smallest absolute Gasteiger partial charge is 0.271 e. The zero-order valence-corrected chi connectivity index (χ0v) is 23.1. The predicted octanol–water partition coefficient (Wildman–Crippen LogP) is 4.04. The largest absolute Gasteiger partial charge is 0.352 e. The van der Waals surface area contributed by atoms with Gasteiger partial charge in [-0.05, 0) is 51.5 Å². The van der Waals surface area contributed by atoms with Gasteiger partial charge in [-0.3, -0.25) is 24.0 Å². The molecule has 0 aliphatic rings. The maximum absolute atomic E-state index is 13.9. The third-order valence-corrected chi connectivity index (χ3v) is 7.76.